The third-order valence-corrected chi connectivity index (χ3v) is 5.32. The first kappa shape index (κ1) is 18.1. The van der Waals surface area contributed by atoms with E-state index in [-0.39, 0.29) is 23.9 Å². The minimum absolute atomic E-state index is 0.134. The van der Waals surface area contributed by atoms with E-state index in [1.54, 1.807) is 4.90 Å². The first-order valence-corrected chi connectivity index (χ1v) is 9.40. The summed E-state index contributed by atoms with van der Waals surface area (Å²) in [4.78, 5) is 27.0. The summed E-state index contributed by atoms with van der Waals surface area (Å²) in [6.45, 7) is 5.33. The van der Waals surface area contributed by atoms with Crippen LogP contribution in [0.3, 0.4) is 0 Å². The lowest BCUT2D eigenvalue weighted by Gasteiger charge is -2.38. The predicted octanol–water partition coefficient (Wildman–Crippen LogP) is 1.49. The van der Waals surface area contributed by atoms with E-state index in [0.29, 0.717) is 26.3 Å². The highest BCUT2D eigenvalue weighted by Gasteiger charge is 2.40. The van der Waals surface area contributed by atoms with Crippen molar-refractivity contribution >= 4 is 23.4 Å². The van der Waals surface area contributed by atoms with Crippen LogP contribution in [0.15, 0.2) is 24.3 Å². The van der Waals surface area contributed by atoms with E-state index in [4.69, 9.17) is 14.2 Å². The Morgan fingerprint density at radius 3 is 2.41 bits per heavy atom. The molecular weight excluding hydrogens is 350 g/mol. The lowest BCUT2D eigenvalue weighted by Crippen LogP contribution is -2.45. The van der Waals surface area contributed by atoms with E-state index in [9.17, 15) is 9.59 Å². The van der Waals surface area contributed by atoms with Crippen LogP contribution >= 0.6 is 0 Å². The normalized spacial score (nSPS) is 24.3. The largest absolute Gasteiger partial charge is 0.442 e. The number of benzene rings is 1. The number of nitrogens with one attached hydrogen (secondary N) is 1. The molecule has 1 N–H and O–H groups in total. The standard InChI is InChI=1S/C19H25N3O5/c1-14(23)20-12-17-13-22(18(24)27-17)16-4-2-15(3-5-16)21-8-6-19(7-9-21)25-10-11-26-19/h2-5,17H,6-13H2,1H3,(H,20,23)/t17-/m0/s1. The van der Waals surface area contributed by atoms with Crippen LogP contribution in [0, 0.1) is 0 Å². The number of anilines is 2. The molecule has 2 amide bonds. The number of hydrogen-bond donors (Lipinski definition) is 1. The molecular formula is C19H25N3O5. The number of nitrogens with zero attached hydrogens (tertiary/aromatic N) is 2. The van der Waals surface area contributed by atoms with Gasteiger partial charge in [-0.1, -0.05) is 0 Å². The van der Waals surface area contributed by atoms with Gasteiger partial charge in [0.15, 0.2) is 5.79 Å². The van der Waals surface area contributed by atoms with Crippen LogP contribution in [-0.4, -0.2) is 63.3 Å². The monoisotopic (exact) mass is 375 g/mol. The minimum Gasteiger partial charge on any atom is -0.442 e. The Balaban J connectivity index is 1.35. The van der Waals surface area contributed by atoms with Gasteiger partial charge in [-0.15, -0.1) is 0 Å². The van der Waals surface area contributed by atoms with Crippen molar-refractivity contribution in [2.75, 3.05) is 49.2 Å². The molecule has 0 radical (unpaired) electrons. The molecule has 0 saturated carbocycles. The van der Waals surface area contributed by atoms with E-state index in [1.807, 2.05) is 24.3 Å². The molecule has 8 heteroatoms. The summed E-state index contributed by atoms with van der Waals surface area (Å²) in [7, 11) is 0. The van der Waals surface area contributed by atoms with Crippen LogP contribution in [-0.2, 0) is 19.0 Å². The van der Waals surface area contributed by atoms with Crippen LogP contribution in [0.1, 0.15) is 19.8 Å². The van der Waals surface area contributed by atoms with Gasteiger partial charge in [0.1, 0.15) is 6.10 Å². The number of amides is 2. The molecule has 3 aliphatic heterocycles. The highest BCUT2D eigenvalue weighted by molar-refractivity contribution is 5.90. The SMILES string of the molecule is CC(=O)NC[C@H]1CN(c2ccc(N3CCC4(CC3)OCCO4)cc2)C(=O)O1. The minimum atomic E-state index is -0.381. The summed E-state index contributed by atoms with van der Waals surface area (Å²) >= 11 is 0. The summed E-state index contributed by atoms with van der Waals surface area (Å²) < 4.78 is 16.9. The van der Waals surface area contributed by atoms with E-state index in [0.717, 1.165) is 37.3 Å². The zero-order valence-corrected chi connectivity index (χ0v) is 15.5. The van der Waals surface area contributed by atoms with Gasteiger partial charge in [-0.25, -0.2) is 4.79 Å². The molecule has 1 spiro atoms. The summed E-state index contributed by atoms with van der Waals surface area (Å²) in [5.41, 5.74) is 1.92. The number of ether oxygens (including phenoxy) is 3. The molecule has 4 rings (SSSR count). The van der Waals surface area contributed by atoms with Crippen molar-refractivity contribution in [2.24, 2.45) is 0 Å². The summed E-state index contributed by atoms with van der Waals surface area (Å²) in [6.07, 6.45) is 1.01. The average molecular weight is 375 g/mol. The molecule has 1 aromatic rings. The molecule has 146 valence electrons. The third kappa shape index (κ3) is 3.86. The smallest absolute Gasteiger partial charge is 0.414 e. The van der Waals surface area contributed by atoms with Gasteiger partial charge in [-0.3, -0.25) is 9.69 Å². The first-order chi connectivity index (χ1) is 13.0. The second-order valence-electron chi connectivity index (χ2n) is 7.16. The van der Waals surface area contributed by atoms with Gasteiger partial charge in [0.2, 0.25) is 5.91 Å². The molecule has 3 saturated heterocycles. The Morgan fingerprint density at radius 1 is 1.15 bits per heavy atom. The first-order valence-electron chi connectivity index (χ1n) is 9.40. The molecule has 27 heavy (non-hydrogen) atoms. The maximum atomic E-state index is 12.1. The molecule has 1 aromatic carbocycles. The molecule has 1 atom stereocenters. The van der Waals surface area contributed by atoms with Crippen LogP contribution in [0.4, 0.5) is 16.2 Å². The molecule has 0 unspecified atom stereocenters. The second kappa shape index (κ2) is 7.36. The zero-order chi connectivity index (χ0) is 18.9. The van der Waals surface area contributed by atoms with Crippen molar-refractivity contribution in [1.82, 2.24) is 5.32 Å². The summed E-state index contributed by atoms with van der Waals surface area (Å²) in [5.74, 6) is -0.510. The Labute approximate surface area is 158 Å². The fraction of sp³-hybridized carbons (Fsp3) is 0.579. The van der Waals surface area contributed by atoms with Crippen molar-refractivity contribution in [1.29, 1.82) is 0 Å². The van der Waals surface area contributed by atoms with Crippen molar-refractivity contribution < 1.29 is 23.8 Å². The number of carbonyl (C=O) groups excluding carboxylic acids is 2. The number of piperidine rings is 1. The van der Waals surface area contributed by atoms with Gasteiger partial charge in [0.05, 0.1) is 26.3 Å². The fourth-order valence-electron chi connectivity index (χ4n) is 3.83. The van der Waals surface area contributed by atoms with E-state index >= 15 is 0 Å². The van der Waals surface area contributed by atoms with Crippen LogP contribution in [0.25, 0.3) is 0 Å². The number of rotatable bonds is 4. The zero-order valence-electron chi connectivity index (χ0n) is 15.5. The highest BCUT2D eigenvalue weighted by Crippen LogP contribution is 2.34. The molecule has 3 aliphatic rings. The Kier molecular flexibility index (Phi) is 4.92. The second-order valence-corrected chi connectivity index (χ2v) is 7.16. The van der Waals surface area contributed by atoms with Crippen LogP contribution in [0.5, 0.6) is 0 Å². The molecule has 0 bridgehead atoms. The lowest BCUT2D eigenvalue weighted by atomic mass is 10.0. The lowest BCUT2D eigenvalue weighted by molar-refractivity contribution is -0.169. The van der Waals surface area contributed by atoms with Gasteiger partial charge >= 0.3 is 6.09 Å². The average Bonchev–Trinajstić information content (AvgIpc) is 3.28. The van der Waals surface area contributed by atoms with E-state index in [2.05, 4.69) is 10.2 Å². The molecule has 3 fully saturated rings. The summed E-state index contributed by atoms with van der Waals surface area (Å²) in [6, 6.07) is 7.92. The third-order valence-electron chi connectivity index (χ3n) is 5.32. The van der Waals surface area contributed by atoms with E-state index < -0.39 is 0 Å². The van der Waals surface area contributed by atoms with Gasteiger partial charge in [-0.05, 0) is 24.3 Å². The van der Waals surface area contributed by atoms with Crippen LogP contribution < -0.4 is 15.1 Å². The maximum Gasteiger partial charge on any atom is 0.414 e. The Bertz CT molecular complexity index is 692. The fourth-order valence-corrected chi connectivity index (χ4v) is 3.83. The molecule has 0 aliphatic carbocycles. The van der Waals surface area contributed by atoms with E-state index in [1.165, 1.54) is 6.92 Å². The van der Waals surface area contributed by atoms with Gasteiger partial charge in [-0.2, -0.15) is 0 Å². The number of hydrogen-bond acceptors (Lipinski definition) is 6. The quantitative estimate of drug-likeness (QED) is 0.859. The van der Waals surface area contributed by atoms with Gasteiger partial charge in [0, 0.05) is 44.2 Å². The Morgan fingerprint density at radius 2 is 1.78 bits per heavy atom. The van der Waals surface area contributed by atoms with Crippen molar-refractivity contribution in [3.63, 3.8) is 0 Å². The summed E-state index contributed by atoms with van der Waals surface area (Å²) in [5, 5.41) is 2.68. The maximum absolute atomic E-state index is 12.1. The van der Waals surface area contributed by atoms with Gasteiger partial charge in [0.25, 0.3) is 0 Å². The number of cyclic esters (lactones) is 1. The number of carbonyl (C=O) groups is 2. The highest BCUT2D eigenvalue weighted by atomic mass is 16.7. The Hall–Kier alpha value is -2.32. The van der Waals surface area contributed by atoms with Crippen molar-refractivity contribution in [3.05, 3.63) is 24.3 Å². The molecule has 8 nitrogen and oxygen atoms in total. The van der Waals surface area contributed by atoms with Crippen molar-refractivity contribution in [3.8, 4) is 0 Å². The topological polar surface area (TPSA) is 80.3 Å². The van der Waals surface area contributed by atoms with Crippen molar-refractivity contribution in [2.45, 2.75) is 31.7 Å². The predicted molar refractivity (Wildman–Crippen MR) is 98.8 cm³/mol. The molecule has 0 aromatic heterocycles. The molecule has 3 heterocycles. The van der Waals surface area contributed by atoms with Crippen LogP contribution in [0.2, 0.25) is 0 Å². The van der Waals surface area contributed by atoms with Gasteiger partial charge < -0.3 is 24.4 Å².